The minimum Gasteiger partial charge on any atom is -0.503 e. The molecule has 2 N–H and O–H groups in total. The first kappa shape index (κ1) is 17.4. The number of carbonyl (C=O) groups is 3. The van der Waals surface area contributed by atoms with E-state index in [1.54, 1.807) is 0 Å². The Labute approximate surface area is 147 Å². The van der Waals surface area contributed by atoms with E-state index in [2.05, 4.69) is 0 Å². The number of halogens is 1. The Balaban J connectivity index is 1.95. The van der Waals surface area contributed by atoms with Crippen LogP contribution in [0.4, 0.5) is 4.39 Å². The summed E-state index contributed by atoms with van der Waals surface area (Å²) < 4.78 is 18.4. The Morgan fingerprint density at radius 2 is 1.92 bits per heavy atom. The highest BCUT2D eigenvalue weighted by Gasteiger charge is 2.34. The molecule has 0 aliphatic carbocycles. The second kappa shape index (κ2) is 6.47. The van der Waals surface area contributed by atoms with Crippen LogP contribution in [-0.2, 0) is 11.2 Å². The molecule has 2 aromatic rings. The van der Waals surface area contributed by atoms with Crippen molar-refractivity contribution in [2.24, 2.45) is 0 Å². The Hall–Kier alpha value is -3.42. The van der Waals surface area contributed by atoms with Crippen LogP contribution in [0, 0.1) is 5.82 Å². The molecule has 1 aliphatic rings. The fraction of sp³-hybridized carbons (Fsp3) is 0.167. The minimum absolute atomic E-state index is 0.0187. The van der Waals surface area contributed by atoms with Crippen molar-refractivity contribution < 1.29 is 33.4 Å². The number of aliphatic hydroxyl groups excluding tert-OH is 1. The first-order valence-electron chi connectivity index (χ1n) is 7.60. The molecule has 3 rings (SSSR count). The molecule has 1 aliphatic heterocycles. The summed E-state index contributed by atoms with van der Waals surface area (Å²) in [6.45, 7) is -0.0973. The van der Waals surface area contributed by atoms with E-state index in [0.717, 1.165) is 11.0 Å². The molecular formula is C18H14FNO6. The predicted molar refractivity (Wildman–Crippen MR) is 86.5 cm³/mol. The maximum absolute atomic E-state index is 13.0. The number of carbonyl (C=O) groups excluding carboxylic acids is 2. The molecule has 0 bridgehead atoms. The number of hydrogen-bond donors (Lipinski definition) is 2. The number of likely N-dealkylation sites (N-methyl/N-ethyl adjacent to an activating group) is 1. The quantitative estimate of drug-likeness (QED) is 0.792. The zero-order chi connectivity index (χ0) is 19.0. The van der Waals surface area contributed by atoms with E-state index in [4.69, 9.17) is 4.42 Å². The topological polar surface area (TPSA) is 108 Å². The molecular weight excluding hydrogens is 345 g/mol. The van der Waals surface area contributed by atoms with Crippen LogP contribution in [0.5, 0.6) is 0 Å². The Bertz CT molecular complexity index is 941. The van der Waals surface area contributed by atoms with Gasteiger partial charge >= 0.3 is 5.97 Å². The number of amides is 1. The van der Waals surface area contributed by atoms with E-state index < -0.39 is 29.2 Å². The van der Waals surface area contributed by atoms with Crippen molar-refractivity contribution >= 4 is 17.7 Å². The molecule has 0 saturated carbocycles. The highest BCUT2D eigenvalue weighted by atomic mass is 19.1. The van der Waals surface area contributed by atoms with E-state index in [-0.39, 0.29) is 35.6 Å². The van der Waals surface area contributed by atoms with Crippen molar-refractivity contribution in [1.82, 2.24) is 4.90 Å². The van der Waals surface area contributed by atoms with Crippen molar-refractivity contribution in [2.45, 2.75) is 6.42 Å². The Morgan fingerprint density at radius 1 is 1.27 bits per heavy atom. The maximum Gasteiger partial charge on any atom is 0.339 e. The monoisotopic (exact) mass is 359 g/mol. The van der Waals surface area contributed by atoms with Gasteiger partial charge in [0.05, 0.1) is 12.1 Å². The second-order valence-electron chi connectivity index (χ2n) is 5.87. The third-order valence-electron chi connectivity index (χ3n) is 4.05. The van der Waals surface area contributed by atoms with Crippen LogP contribution < -0.4 is 0 Å². The van der Waals surface area contributed by atoms with Crippen molar-refractivity contribution in [1.29, 1.82) is 0 Å². The fourth-order valence-electron chi connectivity index (χ4n) is 2.66. The zero-order valence-corrected chi connectivity index (χ0v) is 13.7. The molecule has 0 atom stereocenters. The average Bonchev–Trinajstić information content (AvgIpc) is 3.13. The molecule has 7 nitrogen and oxygen atoms in total. The lowest BCUT2D eigenvalue weighted by molar-refractivity contribution is -0.126. The number of aromatic carboxylic acids is 1. The molecule has 0 saturated heterocycles. The van der Waals surface area contributed by atoms with Gasteiger partial charge in [0.25, 0.3) is 5.91 Å². The van der Waals surface area contributed by atoms with Crippen LogP contribution in [0.3, 0.4) is 0 Å². The highest BCUT2D eigenvalue weighted by Crippen LogP contribution is 2.25. The van der Waals surface area contributed by atoms with Gasteiger partial charge in [-0.3, -0.25) is 9.59 Å². The van der Waals surface area contributed by atoms with Crippen LogP contribution >= 0.6 is 0 Å². The normalized spacial score (nSPS) is 14.2. The first-order valence-corrected chi connectivity index (χ1v) is 7.60. The second-order valence-corrected chi connectivity index (χ2v) is 5.87. The lowest BCUT2D eigenvalue weighted by atomic mass is 10.1. The molecule has 0 spiro atoms. The molecule has 0 unspecified atom stereocenters. The third-order valence-corrected chi connectivity index (χ3v) is 4.05. The maximum atomic E-state index is 13.0. The van der Waals surface area contributed by atoms with Crippen molar-refractivity contribution in [2.75, 3.05) is 13.6 Å². The Kier molecular flexibility index (Phi) is 4.33. The van der Waals surface area contributed by atoms with E-state index in [1.807, 2.05) is 0 Å². The molecule has 0 radical (unpaired) electrons. The number of aliphatic hydroxyl groups is 1. The van der Waals surface area contributed by atoms with Gasteiger partial charge in [0.1, 0.15) is 17.1 Å². The summed E-state index contributed by atoms with van der Waals surface area (Å²) in [5.41, 5.74) is 0.229. The molecule has 134 valence electrons. The van der Waals surface area contributed by atoms with Crippen LogP contribution in [0.1, 0.15) is 32.2 Å². The lowest BCUT2D eigenvalue weighted by Crippen LogP contribution is -2.22. The molecule has 8 heteroatoms. The highest BCUT2D eigenvalue weighted by molar-refractivity contribution is 6.14. The summed E-state index contributed by atoms with van der Waals surface area (Å²) in [5, 5.41) is 19.1. The van der Waals surface area contributed by atoms with Gasteiger partial charge in [-0.2, -0.15) is 0 Å². The third kappa shape index (κ3) is 3.08. The van der Waals surface area contributed by atoms with Gasteiger partial charge < -0.3 is 19.5 Å². The number of benzene rings is 1. The summed E-state index contributed by atoms with van der Waals surface area (Å²) in [6, 6.07) is 6.47. The summed E-state index contributed by atoms with van der Waals surface area (Å²) in [5.74, 6) is -4.11. The van der Waals surface area contributed by atoms with Crippen LogP contribution in [0.15, 0.2) is 46.1 Å². The first-order chi connectivity index (χ1) is 12.3. The van der Waals surface area contributed by atoms with Crippen molar-refractivity contribution in [3.05, 3.63) is 70.1 Å². The average molecular weight is 359 g/mol. The molecule has 1 aromatic heterocycles. The van der Waals surface area contributed by atoms with Crippen molar-refractivity contribution in [3.8, 4) is 0 Å². The summed E-state index contributed by atoms with van der Waals surface area (Å²) >= 11 is 0. The van der Waals surface area contributed by atoms with E-state index in [0.29, 0.717) is 5.56 Å². The number of carboxylic acids is 1. The number of rotatable bonds is 5. The molecule has 1 aromatic carbocycles. The van der Waals surface area contributed by atoms with Gasteiger partial charge in [0, 0.05) is 19.5 Å². The van der Waals surface area contributed by atoms with Gasteiger partial charge in [-0.05, 0) is 17.7 Å². The van der Waals surface area contributed by atoms with Crippen LogP contribution in [-0.4, -0.2) is 46.4 Å². The summed E-state index contributed by atoms with van der Waals surface area (Å²) in [7, 11) is 1.42. The van der Waals surface area contributed by atoms with Gasteiger partial charge in [0.15, 0.2) is 11.5 Å². The smallest absolute Gasteiger partial charge is 0.339 e. The molecule has 0 fully saturated rings. The summed E-state index contributed by atoms with van der Waals surface area (Å²) in [4.78, 5) is 36.7. The lowest BCUT2D eigenvalue weighted by Gasteiger charge is -2.06. The number of hydrogen-bond acceptors (Lipinski definition) is 5. The van der Waals surface area contributed by atoms with Gasteiger partial charge in [0.2, 0.25) is 5.78 Å². The molecule has 2 heterocycles. The SMILES string of the molecule is CN1CC(C(=O)c2cc(C(=O)O)c(Cc3ccc(F)cc3)o2)=C(O)C1=O. The standard InChI is InChI=1S/C18H14FNO6/c1-20-8-12(16(22)17(20)23)15(21)14-7-11(18(24)25)13(26-14)6-9-2-4-10(19)5-3-9/h2-5,7,22H,6,8H2,1H3,(H,24,25). The number of Topliss-reactive ketones (excluding diaryl/α,β-unsaturated/α-hetero) is 1. The molecule has 1 amide bonds. The minimum atomic E-state index is -1.29. The van der Waals surface area contributed by atoms with E-state index >= 15 is 0 Å². The number of ketones is 1. The van der Waals surface area contributed by atoms with E-state index in [1.165, 1.54) is 31.3 Å². The van der Waals surface area contributed by atoms with Gasteiger partial charge in [-0.25, -0.2) is 9.18 Å². The largest absolute Gasteiger partial charge is 0.503 e. The van der Waals surface area contributed by atoms with Crippen LogP contribution in [0.25, 0.3) is 0 Å². The zero-order valence-electron chi connectivity index (χ0n) is 13.7. The number of carboxylic acid groups (broad SMARTS) is 1. The number of nitrogens with zero attached hydrogens (tertiary/aromatic N) is 1. The summed E-state index contributed by atoms with van der Waals surface area (Å²) in [6.07, 6.45) is 0.0407. The van der Waals surface area contributed by atoms with Gasteiger partial charge in [-0.1, -0.05) is 12.1 Å². The van der Waals surface area contributed by atoms with Crippen molar-refractivity contribution in [3.63, 3.8) is 0 Å². The predicted octanol–water partition coefficient (Wildman–Crippen LogP) is 2.17. The Morgan fingerprint density at radius 3 is 2.46 bits per heavy atom. The number of furan rings is 1. The van der Waals surface area contributed by atoms with E-state index in [9.17, 15) is 29.0 Å². The fourth-order valence-corrected chi connectivity index (χ4v) is 2.66. The van der Waals surface area contributed by atoms with Crippen LogP contribution in [0.2, 0.25) is 0 Å². The molecule has 26 heavy (non-hydrogen) atoms. The van der Waals surface area contributed by atoms with Gasteiger partial charge in [-0.15, -0.1) is 0 Å².